The minimum Gasteiger partial charge on any atom is -0.458 e. The topological polar surface area (TPSA) is 84.9 Å². The summed E-state index contributed by atoms with van der Waals surface area (Å²) < 4.78 is 10.8. The average Bonchev–Trinajstić information content (AvgIpc) is 2.87. The molecule has 0 radical (unpaired) electrons. The minimum atomic E-state index is -0.690. The predicted molar refractivity (Wildman–Crippen MR) is 74.8 cm³/mol. The summed E-state index contributed by atoms with van der Waals surface area (Å²) in [4.78, 5) is 35.3. The fourth-order valence-electron chi connectivity index (χ4n) is 1.82. The molecule has 0 aromatic rings. The third kappa shape index (κ3) is 5.55. The summed E-state index contributed by atoms with van der Waals surface area (Å²) in [6.07, 6.45) is 2.82. The van der Waals surface area contributed by atoms with E-state index in [1.807, 2.05) is 0 Å². The minimum absolute atomic E-state index is 0.330. The van der Waals surface area contributed by atoms with Gasteiger partial charge in [0.1, 0.15) is 11.8 Å². The highest BCUT2D eigenvalue weighted by molar-refractivity contribution is 5.87. The van der Waals surface area contributed by atoms with E-state index < -0.39 is 23.9 Å². The summed E-state index contributed by atoms with van der Waals surface area (Å²) in [7, 11) is 1.49. The molecule has 1 saturated heterocycles. The van der Waals surface area contributed by atoms with E-state index in [1.54, 1.807) is 20.8 Å². The largest absolute Gasteiger partial charge is 0.458 e. The summed E-state index contributed by atoms with van der Waals surface area (Å²) in [6.45, 7) is 5.34. The molecule has 2 atom stereocenters. The molecule has 1 fully saturated rings. The molecular weight excluding hydrogens is 276 g/mol. The van der Waals surface area contributed by atoms with Gasteiger partial charge in [0.25, 0.3) is 0 Å². The van der Waals surface area contributed by atoms with E-state index in [9.17, 15) is 14.4 Å². The van der Waals surface area contributed by atoms with Crippen molar-refractivity contribution in [1.82, 2.24) is 10.2 Å². The van der Waals surface area contributed by atoms with Crippen LogP contribution in [-0.2, 0) is 23.9 Å². The fraction of sp³-hybridized carbons (Fsp3) is 0.643. The Morgan fingerprint density at radius 2 is 2.00 bits per heavy atom. The average molecular weight is 298 g/mol. The number of ether oxygens (including phenoxy) is 2. The van der Waals surface area contributed by atoms with E-state index in [4.69, 9.17) is 9.47 Å². The molecule has 0 aromatic carbocycles. The molecule has 1 N–H and O–H groups in total. The van der Waals surface area contributed by atoms with Crippen LogP contribution in [0.15, 0.2) is 12.3 Å². The Hall–Kier alpha value is -1.89. The molecule has 1 rings (SSSR count). The first-order valence-corrected chi connectivity index (χ1v) is 6.78. The molecule has 0 aromatic heterocycles. The van der Waals surface area contributed by atoms with E-state index in [1.165, 1.54) is 24.2 Å². The number of nitrogens with zero attached hydrogens (tertiary/aromatic N) is 1. The van der Waals surface area contributed by atoms with Crippen LogP contribution in [-0.4, -0.2) is 48.2 Å². The highest BCUT2D eigenvalue weighted by Crippen LogP contribution is 2.24. The number of hydrogen-bond donors (Lipinski definition) is 1. The molecule has 21 heavy (non-hydrogen) atoms. The monoisotopic (exact) mass is 298 g/mol. The number of hydrogen-bond acceptors (Lipinski definition) is 5. The van der Waals surface area contributed by atoms with Gasteiger partial charge in [-0.15, -0.1) is 0 Å². The Balaban J connectivity index is 2.59. The van der Waals surface area contributed by atoms with Gasteiger partial charge in [-0.2, -0.15) is 0 Å². The van der Waals surface area contributed by atoms with E-state index in [2.05, 4.69) is 5.32 Å². The lowest BCUT2D eigenvalue weighted by Gasteiger charge is -2.23. The molecule has 0 spiro atoms. The van der Waals surface area contributed by atoms with Crippen molar-refractivity contribution < 1.29 is 23.9 Å². The quantitative estimate of drug-likeness (QED) is 0.455. The van der Waals surface area contributed by atoms with Crippen LogP contribution in [0.5, 0.6) is 0 Å². The summed E-state index contributed by atoms with van der Waals surface area (Å²) in [6, 6.07) is 0. The Morgan fingerprint density at radius 3 is 2.52 bits per heavy atom. The second-order valence-electron chi connectivity index (χ2n) is 5.67. The van der Waals surface area contributed by atoms with Crippen molar-refractivity contribution in [2.75, 3.05) is 7.05 Å². The van der Waals surface area contributed by atoms with Crippen molar-refractivity contribution in [2.24, 2.45) is 0 Å². The number of nitrogens with one attached hydrogen (secondary N) is 1. The lowest BCUT2D eigenvalue weighted by molar-refractivity contribution is -0.171. The van der Waals surface area contributed by atoms with Crippen molar-refractivity contribution in [3.05, 3.63) is 12.3 Å². The van der Waals surface area contributed by atoms with Crippen LogP contribution in [0.2, 0.25) is 0 Å². The first kappa shape index (κ1) is 17.2. The van der Waals surface area contributed by atoms with Crippen LogP contribution in [0.25, 0.3) is 0 Å². The lowest BCUT2D eigenvalue weighted by atomic mass is 10.2. The zero-order chi connectivity index (χ0) is 16.0. The van der Waals surface area contributed by atoms with Crippen LogP contribution >= 0.6 is 0 Å². The van der Waals surface area contributed by atoms with Gasteiger partial charge in [0.15, 0.2) is 6.10 Å². The van der Waals surface area contributed by atoms with Crippen molar-refractivity contribution in [2.45, 2.75) is 51.5 Å². The molecule has 7 nitrogen and oxygen atoms in total. The number of likely N-dealkylation sites (N-methyl/N-ethyl adjacent to an activating group) is 1. The van der Waals surface area contributed by atoms with E-state index >= 15 is 0 Å². The van der Waals surface area contributed by atoms with Gasteiger partial charge >= 0.3 is 5.97 Å². The summed E-state index contributed by atoms with van der Waals surface area (Å²) in [5.74, 6) is -0.769. The summed E-state index contributed by atoms with van der Waals surface area (Å²) in [5.41, 5.74) is -0.581. The number of carbonyl (C=O) groups is 3. The number of rotatable bonds is 5. The molecular formula is C14H22N2O5. The number of carbonyl (C=O) groups excluding carboxylic acids is 3. The van der Waals surface area contributed by atoms with Crippen molar-refractivity contribution in [3.8, 4) is 0 Å². The molecule has 0 bridgehead atoms. The molecule has 118 valence electrons. The highest BCUT2D eigenvalue weighted by Gasteiger charge is 2.35. The van der Waals surface area contributed by atoms with Gasteiger partial charge in [-0.25, -0.2) is 4.79 Å². The molecule has 1 heterocycles. The second-order valence-corrected chi connectivity index (χ2v) is 5.67. The maximum atomic E-state index is 11.9. The smallest absolute Gasteiger partial charge is 0.335 e. The van der Waals surface area contributed by atoms with Crippen LogP contribution in [0.1, 0.15) is 33.6 Å². The zero-order valence-corrected chi connectivity index (χ0v) is 12.8. The molecule has 2 unspecified atom stereocenters. The third-order valence-electron chi connectivity index (χ3n) is 2.77. The van der Waals surface area contributed by atoms with Crippen LogP contribution in [0.4, 0.5) is 0 Å². The van der Waals surface area contributed by atoms with Crippen LogP contribution in [0.3, 0.4) is 0 Å². The molecule has 1 aliphatic heterocycles. The molecule has 0 aliphatic carbocycles. The van der Waals surface area contributed by atoms with Gasteiger partial charge in [0.05, 0.1) is 0 Å². The first-order valence-electron chi connectivity index (χ1n) is 6.78. The zero-order valence-electron chi connectivity index (χ0n) is 12.8. The second kappa shape index (κ2) is 7.21. The van der Waals surface area contributed by atoms with E-state index in [-0.39, 0.29) is 5.91 Å². The maximum absolute atomic E-state index is 11.9. The molecule has 0 saturated carbocycles. The Labute approximate surface area is 124 Å². The van der Waals surface area contributed by atoms with Crippen molar-refractivity contribution in [3.63, 3.8) is 0 Å². The molecule has 7 heteroatoms. The van der Waals surface area contributed by atoms with Crippen LogP contribution < -0.4 is 5.32 Å². The van der Waals surface area contributed by atoms with Gasteiger partial charge in [-0.3, -0.25) is 14.5 Å². The summed E-state index contributed by atoms with van der Waals surface area (Å²) in [5, 5.41) is 2.40. The van der Waals surface area contributed by atoms with Gasteiger partial charge in [0.2, 0.25) is 12.3 Å². The Kier molecular flexibility index (Phi) is 5.90. The van der Waals surface area contributed by atoms with Gasteiger partial charge < -0.3 is 14.8 Å². The number of amides is 2. The van der Waals surface area contributed by atoms with Gasteiger partial charge in [-0.1, -0.05) is 0 Å². The third-order valence-corrected chi connectivity index (χ3v) is 2.77. The number of esters is 1. The molecule has 1 aliphatic rings. The van der Waals surface area contributed by atoms with Crippen molar-refractivity contribution >= 4 is 18.3 Å². The van der Waals surface area contributed by atoms with Crippen LogP contribution in [0, 0.1) is 0 Å². The summed E-state index contributed by atoms with van der Waals surface area (Å²) >= 11 is 0. The van der Waals surface area contributed by atoms with Crippen molar-refractivity contribution in [1.29, 1.82) is 0 Å². The van der Waals surface area contributed by atoms with E-state index in [0.717, 1.165) is 0 Å². The predicted octanol–water partition coefficient (Wildman–Crippen LogP) is 0.551. The fourth-order valence-corrected chi connectivity index (χ4v) is 1.82. The standard InChI is InChI=1S/C14H22N2O5/c1-14(2,3)21-13(19)10-5-6-12(20-10)16(9-17)8-7-11(18)15-4/h7-10,12H,5-6H2,1-4H3,(H,15,18)/b8-7-. The maximum Gasteiger partial charge on any atom is 0.335 e. The Bertz CT molecular complexity index is 428. The lowest BCUT2D eigenvalue weighted by Crippen LogP contribution is -2.35. The SMILES string of the molecule is CNC(=O)/C=C\N(C=O)C1CCC(C(=O)OC(C)(C)C)O1. The Morgan fingerprint density at radius 1 is 1.33 bits per heavy atom. The molecule has 2 amide bonds. The van der Waals surface area contributed by atoms with Gasteiger partial charge in [0, 0.05) is 19.3 Å². The highest BCUT2D eigenvalue weighted by atomic mass is 16.6. The van der Waals surface area contributed by atoms with E-state index in [0.29, 0.717) is 19.3 Å². The normalized spacial score (nSPS) is 22.1. The first-order chi connectivity index (χ1) is 9.76. The van der Waals surface area contributed by atoms with Gasteiger partial charge in [-0.05, 0) is 33.6 Å².